The van der Waals surface area contributed by atoms with Gasteiger partial charge in [0.25, 0.3) is 11.8 Å². The number of primary amides is 1. The number of amides is 2. The van der Waals surface area contributed by atoms with E-state index in [9.17, 15) is 9.59 Å². The average Bonchev–Trinajstić information content (AvgIpc) is 3.13. The van der Waals surface area contributed by atoms with Gasteiger partial charge in [-0.3, -0.25) is 9.59 Å². The number of hydrogen-bond acceptors (Lipinski definition) is 5. The maximum atomic E-state index is 12.8. The Morgan fingerprint density at radius 2 is 2.07 bits per heavy atom. The van der Waals surface area contributed by atoms with Gasteiger partial charge in [-0.2, -0.15) is 0 Å². The summed E-state index contributed by atoms with van der Waals surface area (Å²) in [5.41, 5.74) is 5.43. The molecule has 0 saturated carbocycles. The predicted molar refractivity (Wildman–Crippen MR) is 107 cm³/mol. The smallest absolute Gasteiger partial charge is 0.255 e. The largest absolute Gasteiger partial charge is 0.493 e. The van der Waals surface area contributed by atoms with Gasteiger partial charge in [0.15, 0.2) is 18.1 Å². The molecule has 0 aliphatic carbocycles. The number of thiophene rings is 1. The van der Waals surface area contributed by atoms with E-state index >= 15 is 0 Å². The number of carbonyl (C=O) groups excluding carboxylic acids is 2. The number of nitrogens with one attached hydrogen (secondary N) is 1. The molecule has 1 unspecified atom stereocenters. The highest BCUT2D eigenvalue weighted by atomic mass is 35.5. The maximum Gasteiger partial charge on any atom is 0.255 e. The van der Waals surface area contributed by atoms with Crippen LogP contribution in [0.3, 0.4) is 0 Å². The number of carbonyl (C=O) groups is 2. The van der Waals surface area contributed by atoms with E-state index in [1.54, 1.807) is 11.3 Å². The lowest BCUT2D eigenvalue weighted by Gasteiger charge is -2.20. The first-order chi connectivity index (χ1) is 12.8. The minimum Gasteiger partial charge on any atom is -0.493 e. The second-order valence-electron chi connectivity index (χ2n) is 6.42. The molecule has 6 nitrogen and oxygen atoms in total. The molecule has 0 aliphatic heterocycles. The van der Waals surface area contributed by atoms with E-state index in [0.29, 0.717) is 11.5 Å². The van der Waals surface area contributed by atoms with Gasteiger partial charge in [0.2, 0.25) is 0 Å². The standard InChI is InChI=1S/C19H23ClN2O4S/c1-11(2)7-14(16-5-4-6-27-16)22-19(24)12-8-13(20)18(15(9-12)25-3)26-10-17(21)23/h4-6,8-9,11,14H,7,10H2,1-3H3,(H2,21,23)(H,22,24). The Labute approximate surface area is 167 Å². The van der Waals surface area contributed by atoms with Crippen molar-refractivity contribution in [2.24, 2.45) is 11.7 Å². The van der Waals surface area contributed by atoms with Crippen molar-refractivity contribution in [3.63, 3.8) is 0 Å². The summed E-state index contributed by atoms with van der Waals surface area (Å²) in [6.45, 7) is 3.88. The lowest BCUT2D eigenvalue weighted by Crippen LogP contribution is -2.29. The van der Waals surface area contributed by atoms with E-state index in [-0.39, 0.29) is 35.1 Å². The third-order valence-corrected chi connectivity index (χ3v) is 5.02. The second kappa shape index (κ2) is 9.62. The molecule has 0 bridgehead atoms. The Morgan fingerprint density at radius 3 is 2.63 bits per heavy atom. The molecule has 0 fully saturated rings. The fourth-order valence-corrected chi connectivity index (χ4v) is 3.64. The number of hydrogen-bond donors (Lipinski definition) is 2. The third kappa shape index (κ3) is 5.87. The number of ether oxygens (including phenoxy) is 2. The van der Waals surface area contributed by atoms with Gasteiger partial charge < -0.3 is 20.5 Å². The van der Waals surface area contributed by atoms with Crippen LogP contribution in [0, 0.1) is 5.92 Å². The number of methoxy groups -OCH3 is 1. The molecule has 146 valence electrons. The first-order valence-corrected chi connectivity index (χ1v) is 9.70. The monoisotopic (exact) mass is 410 g/mol. The van der Waals surface area contributed by atoms with Gasteiger partial charge in [-0.25, -0.2) is 0 Å². The van der Waals surface area contributed by atoms with Gasteiger partial charge in [-0.05, 0) is 35.9 Å². The van der Waals surface area contributed by atoms with Crippen LogP contribution in [0.15, 0.2) is 29.6 Å². The van der Waals surface area contributed by atoms with Crippen LogP contribution in [0.5, 0.6) is 11.5 Å². The van der Waals surface area contributed by atoms with Crippen molar-refractivity contribution >= 4 is 34.8 Å². The highest BCUT2D eigenvalue weighted by Crippen LogP contribution is 2.36. The SMILES string of the molecule is COc1cc(C(=O)NC(CC(C)C)c2cccs2)cc(Cl)c1OCC(N)=O. The summed E-state index contributed by atoms with van der Waals surface area (Å²) in [6.07, 6.45) is 0.816. The van der Waals surface area contributed by atoms with E-state index in [1.165, 1.54) is 19.2 Å². The van der Waals surface area contributed by atoms with E-state index in [0.717, 1.165) is 11.3 Å². The molecular weight excluding hydrogens is 388 g/mol. The topological polar surface area (TPSA) is 90.7 Å². The number of nitrogens with two attached hydrogens (primary N) is 1. The molecule has 3 N–H and O–H groups in total. The van der Waals surface area contributed by atoms with E-state index in [4.69, 9.17) is 26.8 Å². The van der Waals surface area contributed by atoms with Crippen LogP contribution in [0.1, 0.15) is 41.5 Å². The summed E-state index contributed by atoms with van der Waals surface area (Å²) in [4.78, 5) is 24.8. The lowest BCUT2D eigenvalue weighted by molar-refractivity contribution is -0.119. The molecule has 1 aromatic carbocycles. The first-order valence-electron chi connectivity index (χ1n) is 8.44. The Hall–Kier alpha value is -2.25. The van der Waals surface area contributed by atoms with Crippen LogP contribution in [0.4, 0.5) is 0 Å². The van der Waals surface area contributed by atoms with Crippen molar-refractivity contribution < 1.29 is 19.1 Å². The van der Waals surface area contributed by atoms with Crippen molar-refractivity contribution in [1.82, 2.24) is 5.32 Å². The Bertz CT molecular complexity index is 793. The molecule has 1 aromatic heterocycles. The number of benzene rings is 1. The van der Waals surface area contributed by atoms with Crippen molar-refractivity contribution in [2.45, 2.75) is 26.3 Å². The van der Waals surface area contributed by atoms with Crippen molar-refractivity contribution in [1.29, 1.82) is 0 Å². The molecule has 2 amide bonds. The Morgan fingerprint density at radius 1 is 1.33 bits per heavy atom. The molecule has 0 aliphatic rings. The summed E-state index contributed by atoms with van der Waals surface area (Å²) >= 11 is 7.83. The zero-order valence-electron chi connectivity index (χ0n) is 15.5. The summed E-state index contributed by atoms with van der Waals surface area (Å²) < 4.78 is 10.5. The van der Waals surface area contributed by atoms with Gasteiger partial charge in [-0.15, -0.1) is 11.3 Å². The Balaban J connectivity index is 2.24. The zero-order valence-corrected chi connectivity index (χ0v) is 17.0. The molecule has 8 heteroatoms. The van der Waals surface area contributed by atoms with Gasteiger partial charge in [0.1, 0.15) is 0 Å². The fourth-order valence-electron chi connectivity index (χ4n) is 2.58. The lowest BCUT2D eigenvalue weighted by atomic mass is 10.0. The molecule has 0 saturated heterocycles. The third-order valence-electron chi connectivity index (χ3n) is 3.75. The zero-order chi connectivity index (χ0) is 20.0. The highest BCUT2D eigenvalue weighted by Gasteiger charge is 2.21. The maximum absolute atomic E-state index is 12.8. The minimum atomic E-state index is -0.637. The second-order valence-corrected chi connectivity index (χ2v) is 7.80. The molecule has 1 atom stereocenters. The molecule has 2 rings (SSSR count). The Kier molecular flexibility index (Phi) is 7.50. The van der Waals surface area contributed by atoms with Crippen LogP contribution in [0.2, 0.25) is 5.02 Å². The summed E-state index contributed by atoms with van der Waals surface area (Å²) in [5, 5.41) is 5.21. The fraction of sp³-hybridized carbons (Fsp3) is 0.368. The van der Waals surface area contributed by atoms with Gasteiger partial charge in [-0.1, -0.05) is 31.5 Å². The molecule has 0 radical (unpaired) electrons. The van der Waals surface area contributed by atoms with Crippen LogP contribution in [-0.2, 0) is 4.79 Å². The normalized spacial score (nSPS) is 11.9. The van der Waals surface area contributed by atoms with Gasteiger partial charge >= 0.3 is 0 Å². The summed E-state index contributed by atoms with van der Waals surface area (Å²) in [5.74, 6) is -0.0600. The van der Waals surface area contributed by atoms with E-state index in [1.807, 2.05) is 17.5 Å². The van der Waals surface area contributed by atoms with Gasteiger partial charge in [0.05, 0.1) is 18.2 Å². The van der Waals surface area contributed by atoms with Crippen LogP contribution in [0.25, 0.3) is 0 Å². The van der Waals surface area contributed by atoms with Crippen molar-refractivity contribution in [3.05, 3.63) is 45.1 Å². The average molecular weight is 411 g/mol. The van der Waals surface area contributed by atoms with Crippen molar-refractivity contribution in [2.75, 3.05) is 13.7 Å². The van der Waals surface area contributed by atoms with Crippen LogP contribution >= 0.6 is 22.9 Å². The molecular formula is C19H23ClN2O4S. The van der Waals surface area contributed by atoms with Crippen LogP contribution in [-0.4, -0.2) is 25.5 Å². The minimum absolute atomic E-state index is 0.0898. The van der Waals surface area contributed by atoms with Crippen LogP contribution < -0.4 is 20.5 Å². The molecule has 27 heavy (non-hydrogen) atoms. The number of halogens is 1. The first kappa shape index (κ1) is 21.1. The van der Waals surface area contributed by atoms with E-state index < -0.39 is 5.91 Å². The van der Waals surface area contributed by atoms with E-state index in [2.05, 4.69) is 19.2 Å². The predicted octanol–water partition coefficient (Wildman–Crippen LogP) is 3.79. The van der Waals surface area contributed by atoms with Crippen molar-refractivity contribution in [3.8, 4) is 11.5 Å². The molecule has 2 aromatic rings. The molecule has 0 spiro atoms. The quantitative estimate of drug-likeness (QED) is 0.657. The van der Waals surface area contributed by atoms with Gasteiger partial charge in [0, 0.05) is 10.4 Å². The summed E-state index contributed by atoms with van der Waals surface area (Å²) in [7, 11) is 1.43. The highest BCUT2D eigenvalue weighted by molar-refractivity contribution is 7.10. The number of rotatable bonds is 9. The summed E-state index contributed by atoms with van der Waals surface area (Å²) in [6, 6.07) is 6.89. The molecule has 1 heterocycles.